The summed E-state index contributed by atoms with van der Waals surface area (Å²) in [5.41, 5.74) is 6.75. The number of hydrogen-bond acceptors (Lipinski definition) is 5. The molecule has 3 N–H and O–H groups in total. The molecule has 3 aromatic rings. The average molecular weight is 493 g/mol. The van der Waals surface area contributed by atoms with Crippen LogP contribution in [-0.4, -0.2) is 22.6 Å². The van der Waals surface area contributed by atoms with Gasteiger partial charge in [-0.3, -0.25) is 4.99 Å². The highest BCUT2D eigenvalue weighted by atomic mass is 127. The number of aliphatic imine (C=N–C) groups is 1. The van der Waals surface area contributed by atoms with Crippen LogP contribution in [0.4, 0.5) is 5.69 Å². The van der Waals surface area contributed by atoms with Crippen molar-refractivity contribution in [2.24, 2.45) is 10.7 Å². The lowest BCUT2D eigenvalue weighted by Crippen LogP contribution is -2.23. The first-order valence-electron chi connectivity index (χ1n) is 8.82. The number of guanidine groups is 1. The second kappa shape index (κ2) is 10.6. The smallest absolute Gasteiger partial charge is 0.228 e. The molecule has 1 aromatic heterocycles. The normalized spacial score (nSPS) is 11.2. The van der Waals surface area contributed by atoms with Gasteiger partial charge in [-0.05, 0) is 24.3 Å². The van der Waals surface area contributed by atoms with Crippen molar-refractivity contribution in [2.45, 2.75) is 26.2 Å². The number of ether oxygens (including phenoxy) is 1. The number of anilines is 1. The van der Waals surface area contributed by atoms with E-state index in [1.165, 1.54) is 0 Å². The zero-order valence-electron chi connectivity index (χ0n) is 15.8. The SMILES string of the molecule is CC(C)c1noc(CCN=C(N)Nc2cccc(Oc3ccccc3)c2)n1.I. The van der Waals surface area contributed by atoms with E-state index < -0.39 is 0 Å². The molecule has 3 rings (SSSR count). The molecule has 0 radical (unpaired) electrons. The zero-order chi connectivity index (χ0) is 19.1. The summed E-state index contributed by atoms with van der Waals surface area (Å²) in [7, 11) is 0. The Morgan fingerprint density at radius 1 is 1.14 bits per heavy atom. The fourth-order valence-corrected chi connectivity index (χ4v) is 2.33. The molecule has 0 aliphatic carbocycles. The molecule has 28 heavy (non-hydrogen) atoms. The van der Waals surface area contributed by atoms with Gasteiger partial charge in [-0.1, -0.05) is 43.3 Å². The monoisotopic (exact) mass is 493 g/mol. The van der Waals surface area contributed by atoms with Crippen molar-refractivity contribution >= 4 is 35.6 Å². The van der Waals surface area contributed by atoms with Crippen molar-refractivity contribution in [1.82, 2.24) is 10.1 Å². The van der Waals surface area contributed by atoms with Crippen LogP contribution < -0.4 is 15.8 Å². The third-order valence-corrected chi connectivity index (χ3v) is 3.69. The lowest BCUT2D eigenvalue weighted by molar-refractivity contribution is 0.372. The molecule has 0 fully saturated rings. The maximum atomic E-state index is 5.96. The molecule has 0 unspecified atom stereocenters. The third kappa shape index (κ3) is 6.52. The Labute approximate surface area is 181 Å². The average Bonchev–Trinajstić information content (AvgIpc) is 3.12. The summed E-state index contributed by atoms with van der Waals surface area (Å²) < 4.78 is 11.0. The molecule has 0 atom stereocenters. The predicted molar refractivity (Wildman–Crippen MR) is 121 cm³/mol. The Morgan fingerprint density at radius 2 is 1.89 bits per heavy atom. The maximum absolute atomic E-state index is 5.96. The van der Waals surface area contributed by atoms with Gasteiger partial charge < -0.3 is 20.3 Å². The Morgan fingerprint density at radius 3 is 2.61 bits per heavy atom. The number of aromatic nitrogens is 2. The van der Waals surface area contributed by atoms with E-state index in [9.17, 15) is 0 Å². The minimum Gasteiger partial charge on any atom is -0.457 e. The first kappa shape index (κ1) is 21.7. The van der Waals surface area contributed by atoms with Gasteiger partial charge in [0.2, 0.25) is 5.89 Å². The van der Waals surface area contributed by atoms with Gasteiger partial charge in [0.15, 0.2) is 11.8 Å². The quantitative estimate of drug-likeness (QED) is 0.284. The predicted octanol–water partition coefficient (Wildman–Crippen LogP) is 4.57. The van der Waals surface area contributed by atoms with Crippen molar-refractivity contribution in [1.29, 1.82) is 0 Å². The molecule has 0 amide bonds. The number of para-hydroxylation sites is 1. The summed E-state index contributed by atoms with van der Waals surface area (Å²) in [6, 6.07) is 17.1. The molecular formula is C20H24IN5O2. The van der Waals surface area contributed by atoms with E-state index in [1.54, 1.807) is 0 Å². The first-order valence-corrected chi connectivity index (χ1v) is 8.82. The van der Waals surface area contributed by atoms with E-state index in [0.29, 0.717) is 36.4 Å². The van der Waals surface area contributed by atoms with Crippen molar-refractivity contribution in [2.75, 3.05) is 11.9 Å². The number of nitrogens with one attached hydrogen (secondary N) is 1. The number of halogens is 1. The van der Waals surface area contributed by atoms with Gasteiger partial charge >= 0.3 is 0 Å². The van der Waals surface area contributed by atoms with Gasteiger partial charge in [-0.15, -0.1) is 24.0 Å². The van der Waals surface area contributed by atoms with Crippen molar-refractivity contribution in [3.05, 3.63) is 66.3 Å². The van der Waals surface area contributed by atoms with Crippen LogP contribution >= 0.6 is 24.0 Å². The summed E-state index contributed by atoms with van der Waals surface area (Å²) in [6.45, 7) is 4.49. The Balaban J connectivity index is 0.00000280. The van der Waals surface area contributed by atoms with E-state index in [4.69, 9.17) is 15.0 Å². The molecule has 2 aromatic carbocycles. The molecule has 1 heterocycles. The van der Waals surface area contributed by atoms with Gasteiger partial charge in [0.1, 0.15) is 11.5 Å². The highest BCUT2D eigenvalue weighted by Gasteiger charge is 2.09. The van der Waals surface area contributed by atoms with Crippen LogP contribution in [0.3, 0.4) is 0 Å². The number of nitrogens with two attached hydrogens (primary N) is 1. The fourth-order valence-electron chi connectivity index (χ4n) is 2.33. The second-order valence-electron chi connectivity index (χ2n) is 6.29. The molecule has 0 saturated heterocycles. The summed E-state index contributed by atoms with van der Waals surface area (Å²) in [5.74, 6) is 3.31. The van der Waals surface area contributed by atoms with Crippen molar-refractivity contribution < 1.29 is 9.26 Å². The molecule has 148 valence electrons. The van der Waals surface area contributed by atoms with Gasteiger partial charge in [0, 0.05) is 24.1 Å². The second-order valence-corrected chi connectivity index (χ2v) is 6.29. The molecule has 0 aliphatic heterocycles. The third-order valence-electron chi connectivity index (χ3n) is 3.69. The largest absolute Gasteiger partial charge is 0.457 e. The summed E-state index contributed by atoms with van der Waals surface area (Å²) in [4.78, 5) is 8.61. The van der Waals surface area contributed by atoms with Gasteiger partial charge in [-0.25, -0.2) is 0 Å². The highest BCUT2D eigenvalue weighted by molar-refractivity contribution is 14.0. The van der Waals surface area contributed by atoms with Crippen LogP contribution in [0.5, 0.6) is 11.5 Å². The van der Waals surface area contributed by atoms with Crippen LogP contribution in [-0.2, 0) is 6.42 Å². The minimum atomic E-state index is 0. The number of hydrogen-bond donors (Lipinski definition) is 2. The fraction of sp³-hybridized carbons (Fsp3) is 0.250. The molecular weight excluding hydrogens is 469 g/mol. The molecule has 0 spiro atoms. The zero-order valence-corrected chi connectivity index (χ0v) is 18.2. The van der Waals surface area contributed by atoms with Crippen molar-refractivity contribution in [3.63, 3.8) is 0 Å². The number of rotatable bonds is 7. The van der Waals surface area contributed by atoms with Crippen LogP contribution in [0.25, 0.3) is 0 Å². The Kier molecular flexibility index (Phi) is 8.24. The van der Waals surface area contributed by atoms with E-state index in [-0.39, 0.29) is 29.9 Å². The van der Waals surface area contributed by atoms with E-state index >= 15 is 0 Å². The minimum absolute atomic E-state index is 0. The molecule has 0 saturated carbocycles. The lowest BCUT2D eigenvalue weighted by Gasteiger charge is -2.09. The summed E-state index contributed by atoms with van der Waals surface area (Å²) in [5, 5.41) is 6.99. The van der Waals surface area contributed by atoms with Crippen LogP contribution in [0.1, 0.15) is 31.5 Å². The standard InChI is InChI=1S/C20H23N5O2.HI/c1-14(2)19-24-18(27-25-19)11-12-22-20(21)23-15-7-6-10-17(13-15)26-16-8-4-3-5-9-16;/h3-10,13-14H,11-12H2,1-2H3,(H3,21,22,23);1H. The number of benzene rings is 2. The summed E-state index contributed by atoms with van der Waals surface area (Å²) in [6.07, 6.45) is 0.541. The van der Waals surface area contributed by atoms with Crippen LogP contribution in [0.2, 0.25) is 0 Å². The molecule has 0 bridgehead atoms. The maximum Gasteiger partial charge on any atom is 0.228 e. The van der Waals surface area contributed by atoms with Crippen LogP contribution in [0.15, 0.2) is 64.1 Å². The van der Waals surface area contributed by atoms with E-state index in [1.807, 2.05) is 68.4 Å². The van der Waals surface area contributed by atoms with E-state index in [0.717, 1.165) is 11.4 Å². The van der Waals surface area contributed by atoms with Crippen molar-refractivity contribution in [3.8, 4) is 11.5 Å². The van der Waals surface area contributed by atoms with E-state index in [2.05, 4.69) is 20.4 Å². The molecule has 0 aliphatic rings. The van der Waals surface area contributed by atoms with Gasteiger partial charge in [0.25, 0.3) is 0 Å². The first-order chi connectivity index (χ1) is 13.1. The Hall–Kier alpha value is -2.62. The highest BCUT2D eigenvalue weighted by Crippen LogP contribution is 2.23. The number of nitrogens with zero attached hydrogens (tertiary/aromatic N) is 3. The Bertz CT molecular complexity index is 896. The van der Waals surface area contributed by atoms with Gasteiger partial charge in [-0.2, -0.15) is 4.98 Å². The van der Waals surface area contributed by atoms with Gasteiger partial charge in [0.05, 0.1) is 6.54 Å². The molecule has 7 nitrogen and oxygen atoms in total. The molecule has 8 heteroatoms. The lowest BCUT2D eigenvalue weighted by atomic mass is 10.2. The summed E-state index contributed by atoms with van der Waals surface area (Å²) >= 11 is 0. The van der Waals surface area contributed by atoms with Crippen LogP contribution in [0, 0.1) is 0 Å². The topological polar surface area (TPSA) is 98.6 Å².